The van der Waals surface area contributed by atoms with Crippen molar-refractivity contribution in [3.8, 4) is 5.75 Å². The Morgan fingerprint density at radius 3 is 1.96 bits per heavy atom. The lowest BCUT2D eigenvalue weighted by Gasteiger charge is -2.31. The molecular formula is C20H28ClF3OSi. The first-order valence-electron chi connectivity index (χ1n) is 9.89. The first-order chi connectivity index (χ1) is 12.4. The first-order valence-corrected chi connectivity index (χ1v) is 13.3. The smallest absolute Gasteiger partial charge is 0.406 e. The molecule has 1 heterocycles. The van der Waals surface area contributed by atoms with Crippen LogP contribution in [0.2, 0.25) is 12.1 Å². The lowest BCUT2D eigenvalue weighted by Crippen LogP contribution is -2.19. The van der Waals surface area contributed by atoms with Crippen LogP contribution < -0.4 is 4.74 Å². The average Bonchev–Trinajstić information content (AvgIpc) is 2.61. The lowest BCUT2D eigenvalue weighted by atomic mass is 9.76. The van der Waals surface area contributed by atoms with Crippen LogP contribution in [0.5, 0.6) is 5.75 Å². The summed E-state index contributed by atoms with van der Waals surface area (Å²) in [6.07, 6.45) is 5.54. The number of hydrogen-bond acceptors (Lipinski definition) is 1. The molecule has 0 spiro atoms. The van der Waals surface area contributed by atoms with Crippen LogP contribution in [0.15, 0.2) is 24.3 Å². The molecule has 0 atom stereocenters. The molecule has 1 saturated carbocycles. The molecule has 2 fully saturated rings. The molecule has 1 aliphatic heterocycles. The van der Waals surface area contributed by atoms with Gasteiger partial charge in [-0.05, 0) is 73.2 Å². The molecule has 0 bridgehead atoms. The third-order valence-corrected chi connectivity index (χ3v) is 9.42. The molecule has 0 radical (unpaired) electrons. The molecule has 2 aliphatic rings. The molecule has 0 amide bonds. The zero-order chi connectivity index (χ0) is 18.6. The largest absolute Gasteiger partial charge is 0.573 e. The van der Waals surface area contributed by atoms with Crippen LogP contribution in [0.4, 0.5) is 13.2 Å². The van der Waals surface area contributed by atoms with E-state index < -0.39 is 14.5 Å². The van der Waals surface area contributed by atoms with Gasteiger partial charge in [0.25, 0.3) is 0 Å². The van der Waals surface area contributed by atoms with Gasteiger partial charge in [-0.3, -0.25) is 0 Å². The molecule has 26 heavy (non-hydrogen) atoms. The van der Waals surface area contributed by atoms with Gasteiger partial charge in [-0.25, -0.2) is 0 Å². The van der Waals surface area contributed by atoms with Gasteiger partial charge in [0.2, 0.25) is 0 Å². The molecule has 6 heteroatoms. The van der Waals surface area contributed by atoms with Crippen LogP contribution in [0.1, 0.15) is 62.8 Å². The van der Waals surface area contributed by atoms with E-state index in [0.717, 1.165) is 30.2 Å². The van der Waals surface area contributed by atoms with E-state index in [2.05, 4.69) is 4.74 Å². The summed E-state index contributed by atoms with van der Waals surface area (Å²) in [4.78, 5) is 0. The Bertz CT molecular complexity index is 547. The van der Waals surface area contributed by atoms with E-state index in [1.165, 1.54) is 62.7 Å². The summed E-state index contributed by atoms with van der Waals surface area (Å²) in [6, 6.07) is 9.08. The molecule has 0 unspecified atom stereocenters. The van der Waals surface area contributed by atoms with Crippen molar-refractivity contribution in [3.63, 3.8) is 0 Å². The molecule has 0 N–H and O–H groups in total. The summed E-state index contributed by atoms with van der Waals surface area (Å²) >= 11 is 6.32. The summed E-state index contributed by atoms with van der Waals surface area (Å²) in [5.74, 6) is 2.06. The highest BCUT2D eigenvalue weighted by atomic mass is 35.6. The molecule has 0 aromatic heterocycles. The minimum Gasteiger partial charge on any atom is -0.406 e. The van der Waals surface area contributed by atoms with Gasteiger partial charge in [-0.1, -0.05) is 37.8 Å². The second-order valence-electron chi connectivity index (χ2n) is 8.03. The average molecular weight is 405 g/mol. The van der Waals surface area contributed by atoms with Crippen LogP contribution in [0, 0.1) is 11.8 Å². The SMILES string of the molecule is FC(F)(F)Oc1ccc(C2CCC(CCC3CC[SiH](Cl)CC3)CC2)cc1. The third kappa shape index (κ3) is 6.19. The number of halogens is 4. The second-order valence-corrected chi connectivity index (χ2v) is 12.2. The molecule has 1 aromatic rings. The van der Waals surface area contributed by atoms with Gasteiger partial charge in [-0.2, -0.15) is 11.1 Å². The van der Waals surface area contributed by atoms with E-state index in [-0.39, 0.29) is 5.75 Å². The number of ether oxygens (including phenoxy) is 1. The van der Waals surface area contributed by atoms with E-state index >= 15 is 0 Å². The highest BCUT2D eigenvalue weighted by molar-refractivity contribution is 7.07. The second kappa shape index (κ2) is 9.00. The van der Waals surface area contributed by atoms with Crippen molar-refractivity contribution < 1.29 is 17.9 Å². The van der Waals surface area contributed by atoms with E-state index in [4.69, 9.17) is 11.1 Å². The third-order valence-electron chi connectivity index (χ3n) is 6.19. The molecule has 146 valence electrons. The summed E-state index contributed by atoms with van der Waals surface area (Å²) < 4.78 is 40.7. The topological polar surface area (TPSA) is 9.23 Å². The van der Waals surface area contributed by atoms with Gasteiger partial charge in [0, 0.05) is 0 Å². The fraction of sp³-hybridized carbons (Fsp3) is 0.700. The van der Waals surface area contributed by atoms with Crippen molar-refractivity contribution in [2.24, 2.45) is 11.8 Å². The first kappa shape index (κ1) is 20.1. The number of rotatable bonds is 5. The molecule has 1 nitrogen and oxygen atoms in total. The van der Waals surface area contributed by atoms with Crippen molar-refractivity contribution in [2.45, 2.75) is 75.7 Å². The predicted octanol–water partition coefficient (Wildman–Crippen LogP) is 7.01. The van der Waals surface area contributed by atoms with Gasteiger partial charge in [-0.15, -0.1) is 13.2 Å². The van der Waals surface area contributed by atoms with Crippen molar-refractivity contribution in [1.82, 2.24) is 0 Å². The maximum Gasteiger partial charge on any atom is 0.573 e. The lowest BCUT2D eigenvalue weighted by molar-refractivity contribution is -0.274. The molecule has 3 rings (SSSR count). The van der Waals surface area contributed by atoms with Crippen molar-refractivity contribution in [3.05, 3.63) is 29.8 Å². The van der Waals surface area contributed by atoms with E-state index in [1.807, 2.05) is 0 Å². The maximum absolute atomic E-state index is 12.2. The number of hydrogen-bond donors (Lipinski definition) is 0. The van der Waals surface area contributed by atoms with Gasteiger partial charge in [0.05, 0.1) is 0 Å². The van der Waals surface area contributed by atoms with E-state index in [1.54, 1.807) is 12.1 Å². The highest BCUT2D eigenvalue weighted by Gasteiger charge is 2.31. The Morgan fingerprint density at radius 1 is 0.885 bits per heavy atom. The Labute approximate surface area is 160 Å². The fourth-order valence-corrected chi connectivity index (χ4v) is 7.32. The highest BCUT2D eigenvalue weighted by Crippen LogP contribution is 2.40. The van der Waals surface area contributed by atoms with Crippen molar-refractivity contribution in [1.29, 1.82) is 0 Å². The summed E-state index contributed by atoms with van der Waals surface area (Å²) in [6.45, 7) is 0. The van der Waals surface area contributed by atoms with E-state index in [9.17, 15) is 13.2 Å². The van der Waals surface area contributed by atoms with Crippen LogP contribution in [-0.4, -0.2) is 14.5 Å². The normalized spacial score (nSPS) is 30.2. The van der Waals surface area contributed by atoms with Crippen molar-refractivity contribution in [2.75, 3.05) is 0 Å². The van der Waals surface area contributed by atoms with Gasteiger partial charge >= 0.3 is 6.36 Å². The molecule has 1 aliphatic carbocycles. The van der Waals surface area contributed by atoms with Crippen LogP contribution in [0.3, 0.4) is 0 Å². The molecule has 1 saturated heterocycles. The number of alkyl halides is 3. The van der Waals surface area contributed by atoms with E-state index in [0.29, 0.717) is 5.92 Å². The van der Waals surface area contributed by atoms with Crippen LogP contribution in [0.25, 0.3) is 0 Å². The standard InChI is InChI=1S/C20H28ClF3OSi/c21-26-13-11-16(12-14-26)2-1-15-3-5-17(6-4-15)18-7-9-19(10-8-18)25-20(22,23)24/h7-10,15-17,26H,1-6,11-14H2. The quantitative estimate of drug-likeness (QED) is 0.378. The minimum atomic E-state index is -4.62. The molecular weight excluding hydrogens is 377 g/mol. The fourth-order valence-electron chi connectivity index (χ4n) is 4.61. The Hall–Kier alpha value is -0.683. The van der Waals surface area contributed by atoms with Gasteiger partial charge in [0.15, 0.2) is 0 Å². The monoisotopic (exact) mass is 404 g/mol. The Morgan fingerprint density at radius 2 is 1.42 bits per heavy atom. The van der Waals surface area contributed by atoms with Gasteiger partial charge in [0.1, 0.15) is 13.9 Å². The zero-order valence-corrected chi connectivity index (χ0v) is 17.0. The van der Waals surface area contributed by atoms with Crippen LogP contribution >= 0.6 is 11.1 Å². The summed E-state index contributed by atoms with van der Waals surface area (Å²) in [5.41, 5.74) is 1.14. The predicted molar refractivity (Wildman–Crippen MR) is 102 cm³/mol. The summed E-state index contributed by atoms with van der Waals surface area (Å²) in [7, 11) is -0.850. The van der Waals surface area contributed by atoms with Crippen LogP contribution in [-0.2, 0) is 0 Å². The minimum absolute atomic E-state index is 0.135. The van der Waals surface area contributed by atoms with Gasteiger partial charge < -0.3 is 4.74 Å². The zero-order valence-electron chi connectivity index (χ0n) is 15.1. The maximum atomic E-state index is 12.2. The molecule has 1 aromatic carbocycles. The Balaban J connectivity index is 1.40. The number of benzene rings is 1. The van der Waals surface area contributed by atoms with Crippen molar-refractivity contribution >= 4 is 19.2 Å². The summed E-state index contributed by atoms with van der Waals surface area (Å²) in [5, 5.41) is 0. The Kier molecular flexibility index (Phi) is 6.95.